The van der Waals surface area contributed by atoms with Crippen LogP contribution in [-0.2, 0) is 16.9 Å². The molecule has 0 atom stereocenters. The Morgan fingerprint density at radius 1 is 1.24 bits per heavy atom. The summed E-state index contributed by atoms with van der Waals surface area (Å²) in [5, 5.41) is 4.12. The molecule has 7 nitrogen and oxygen atoms in total. The van der Waals surface area contributed by atoms with Crippen LogP contribution in [0.4, 0.5) is 0 Å². The molecule has 1 aliphatic heterocycles. The first-order valence-electron chi connectivity index (χ1n) is 9.90. The maximum absolute atomic E-state index is 13.0. The van der Waals surface area contributed by atoms with Gasteiger partial charge < -0.3 is 9.64 Å². The minimum Gasteiger partial charge on any atom is -0.497 e. The van der Waals surface area contributed by atoms with Crippen molar-refractivity contribution in [2.45, 2.75) is 31.9 Å². The first kappa shape index (κ1) is 21.4. The molecule has 8 heteroatoms. The molecular formula is C21H29N3O4S. The molecule has 0 N–H and O–H groups in total. The summed E-state index contributed by atoms with van der Waals surface area (Å²) in [6.07, 6.45) is 0.975. The number of benzene rings is 1. The standard InChI is InChI=1S/C21H29N3O4S/c1-15(2)14-29(26,27)18-8-10-24(11-9-18)21(25)20-13-19(22-23(20)3)16-6-5-7-17(12-16)28-4/h5-7,12-13,15,18H,8-11,14H2,1-4H3. The average Bonchev–Trinajstić information content (AvgIpc) is 3.08. The van der Waals surface area contributed by atoms with Gasteiger partial charge in [0.15, 0.2) is 9.84 Å². The Morgan fingerprint density at radius 3 is 2.55 bits per heavy atom. The first-order valence-corrected chi connectivity index (χ1v) is 11.6. The fourth-order valence-electron chi connectivity index (χ4n) is 3.77. The lowest BCUT2D eigenvalue weighted by Crippen LogP contribution is -2.43. The molecule has 0 spiro atoms. The van der Waals surface area contributed by atoms with Crippen LogP contribution in [-0.4, -0.2) is 60.2 Å². The molecule has 0 radical (unpaired) electrons. The number of rotatable bonds is 6. The zero-order valence-electron chi connectivity index (χ0n) is 17.5. The lowest BCUT2D eigenvalue weighted by molar-refractivity contribution is 0.0714. The molecule has 0 bridgehead atoms. The van der Waals surface area contributed by atoms with Crippen molar-refractivity contribution in [3.63, 3.8) is 0 Å². The van der Waals surface area contributed by atoms with E-state index in [0.29, 0.717) is 37.3 Å². The fourth-order valence-corrected chi connectivity index (χ4v) is 5.90. The molecule has 1 aromatic carbocycles. The highest BCUT2D eigenvalue weighted by atomic mass is 32.2. The molecule has 1 saturated heterocycles. The fraction of sp³-hybridized carbons (Fsp3) is 0.524. The highest BCUT2D eigenvalue weighted by molar-refractivity contribution is 7.92. The van der Waals surface area contributed by atoms with Gasteiger partial charge in [-0.2, -0.15) is 5.10 Å². The maximum atomic E-state index is 13.0. The number of hydrogen-bond donors (Lipinski definition) is 0. The molecule has 1 aliphatic rings. The van der Waals surface area contributed by atoms with E-state index < -0.39 is 9.84 Å². The number of amides is 1. The van der Waals surface area contributed by atoms with Crippen LogP contribution in [0.1, 0.15) is 37.2 Å². The molecule has 158 valence electrons. The number of nitrogens with zero attached hydrogens (tertiary/aromatic N) is 3. The van der Waals surface area contributed by atoms with E-state index in [1.165, 1.54) is 0 Å². The number of methoxy groups -OCH3 is 1. The zero-order valence-corrected chi connectivity index (χ0v) is 18.3. The van der Waals surface area contributed by atoms with E-state index in [-0.39, 0.29) is 22.8 Å². The van der Waals surface area contributed by atoms with E-state index in [1.807, 2.05) is 38.1 Å². The summed E-state index contributed by atoms with van der Waals surface area (Å²) >= 11 is 0. The van der Waals surface area contributed by atoms with E-state index in [9.17, 15) is 13.2 Å². The first-order chi connectivity index (χ1) is 13.7. The van der Waals surface area contributed by atoms with Crippen LogP contribution in [0.3, 0.4) is 0 Å². The number of likely N-dealkylation sites (tertiary alicyclic amines) is 1. The van der Waals surface area contributed by atoms with E-state index in [4.69, 9.17) is 4.74 Å². The van der Waals surface area contributed by atoms with Crippen LogP contribution in [0.25, 0.3) is 11.3 Å². The lowest BCUT2D eigenvalue weighted by Gasteiger charge is -2.32. The minimum absolute atomic E-state index is 0.115. The molecule has 2 aromatic rings. The van der Waals surface area contributed by atoms with Gasteiger partial charge in [0, 0.05) is 25.7 Å². The Bertz CT molecular complexity index is 974. The number of hydrogen-bond acceptors (Lipinski definition) is 5. The highest BCUT2D eigenvalue weighted by Crippen LogP contribution is 2.25. The van der Waals surface area contributed by atoms with Gasteiger partial charge in [-0.05, 0) is 37.0 Å². The zero-order chi connectivity index (χ0) is 21.2. The number of aryl methyl sites for hydroxylation is 1. The molecule has 1 fully saturated rings. The molecule has 0 unspecified atom stereocenters. The number of sulfone groups is 1. The third kappa shape index (κ3) is 4.80. The van der Waals surface area contributed by atoms with Crippen molar-refractivity contribution in [3.8, 4) is 17.0 Å². The Kier molecular flexibility index (Phi) is 6.31. The van der Waals surface area contributed by atoms with Crippen LogP contribution in [0.2, 0.25) is 0 Å². The topological polar surface area (TPSA) is 81.5 Å². The smallest absolute Gasteiger partial charge is 0.272 e. The summed E-state index contributed by atoms with van der Waals surface area (Å²) < 4.78 is 31.8. The number of ether oxygens (including phenoxy) is 1. The van der Waals surface area contributed by atoms with Crippen molar-refractivity contribution >= 4 is 15.7 Å². The second-order valence-corrected chi connectivity index (χ2v) is 10.3. The Labute approximate surface area is 172 Å². The Hall–Kier alpha value is -2.35. The van der Waals surface area contributed by atoms with Gasteiger partial charge in [0.05, 0.1) is 23.8 Å². The SMILES string of the molecule is COc1cccc(-c2cc(C(=O)N3CCC(S(=O)(=O)CC(C)C)CC3)n(C)n2)c1. The molecule has 1 aromatic heterocycles. The molecule has 3 rings (SSSR count). The largest absolute Gasteiger partial charge is 0.497 e. The number of carbonyl (C=O) groups is 1. The van der Waals surface area contributed by atoms with Gasteiger partial charge in [-0.3, -0.25) is 9.48 Å². The molecule has 2 heterocycles. The van der Waals surface area contributed by atoms with Gasteiger partial charge in [-0.1, -0.05) is 26.0 Å². The Balaban J connectivity index is 1.71. The normalized spacial score (nSPS) is 15.7. The molecule has 29 heavy (non-hydrogen) atoms. The average molecular weight is 420 g/mol. The minimum atomic E-state index is -3.11. The summed E-state index contributed by atoms with van der Waals surface area (Å²) in [5.41, 5.74) is 2.06. The number of piperidine rings is 1. The van der Waals surface area contributed by atoms with E-state index in [1.54, 1.807) is 29.8 Å². The van der Waals surface area contributed by atoms with E-state index in [2.05, 4.69) is 5.10 Å². The third-order valence-corrected chi connectivity index (χ3v) is 7.89. The van der Waals surface area contributed by atoms with E-state index >= 15 is 0 Å². The summed E-state index contributed by atoms with van der Waals surface area (Å²) in [5.74, 6) is 0.931. The molecule has 0 saturated carbocycles. The van der Waals surface area contributed by atoms with Gasteiger partial charge in [0.25, 0.3) is 5.91 Å². The second kappa shape index (κ2) is 8.57. The maximum Gasteiger partial charge on any atom is 0.272 e. The van der Waals surface area contributed by atoms with Crippen LogP contribution < -0.4 is 4.74 Å². The number of carbonyl (C=O) groups excluding carboxylic acids is 1. The predicted octanol–water partition coefficient (Wildman–Crippen LogP) is 2.77. The summed E-state index contributed by atoms with van der Waals surface area (Å²) in [4.78, 5) is 14.7. The molecular weight excluding hydrogens is 390 g/mol. The predicted molar refractivity (Wildman–Crippen MR) is 113 cm³/mol. The van der Waals surface area contributed by atoms with Crippen LogP contribution in [0.15, 0.2) is 30.3 Å². The van der Waals surface area contributed by atoms with Gasteiger partial charge >= 0.3 is 0 Å². The second-order valence-electron chi connectivity index (χ2n) is 7.99. The molecule has 1 amide bonds. The number of aromatic nitrogens is 2. The Morgan fingerprint density at radius 2 is 1.93 bits per heavy atom. The van der Waals surface area contributed by atoms with Crippen molar-refractivity contribution in [2.24, 2.45) is 13.0 Å². The summed E-state index contributed by atoms with van der Waals surface area (Å²) in [6.45, 7) is 4.72. The molecule has 0 aliphatic carbocycles. The van der Waals surface area contributed by atoms with Gasteiger partial charge in [0.2, 0.25) is 0 Å². The van der Waals surface area contributed by atoms with Crippen molar-refractivity contribution in [3.05, 3.63) is 36.0 Å². The van der Waals surface area contributed by atoms with Crippen molar-refractivity contribution in [1.29, 1.82) is 0 Å². The van der Waals surface area contributed by atoms with Crippen LogP contribution in [0, 0.1) is 5.92 Å². The summed E-state index contributed by atoms with van der Waals surface area (Å²) in [6, 6.07) is 9.31. The highest BCUT2D eigenvalue weighted by Gasteiger charge is 2.33. The van der Waals surface area contributed by atoms with Gasteiger partial charge in [-0.25, -0.2) is 8.42 Å². The van der Waals surface area contributed by atoms with Crippen molar-refractivity contribution in [1.82, 2.24) is 14.7 Å². The summed E-state index contributed by atoms with van der Waals surface area (Å²) in [7, 11) is 0.245. The van der Waals surface area contributed by atoms with Crippen molar-refractivity contribution in [2.75, 3.05) is 26.0 Å². The van der Waals surface area contributed by atoms with Gasteiger partial charge in [-0.15, -0.1) is 0 Å². The monoisotopic (exact) mass is 419 g/mol. The third-order valence-electron chi connectivity index (χ3n) is 5.27. The van der Waals surface area contributed by atoms with Crippen molar-refractivity contribution < 1.29 is 17.9 Å². The van der Waals surface area contributed by atoms with E-state index in [0.717, 1.165) is 11.3 Å². The van der Waals surface area contributed by atoms with Crippen LogP contribution in [0.5, 0.6) is 5.75 Å². The quantitative estimate of drug-likeness (QED) is 0.719. The lowest BCUT2D eigenvalue weighted by atomic mass is 10.1. The van der Waals surface area contributed by atoms with Crippen LogP contribution >= 0.6 is 0 Å². The van der Waals surface area contributed by atoms with Gasteiger partial charge in [0.1, 0.15) is 11.4 Å².